The van der Waals surface area contributed by atoms with Crippen LogP contribution in [0.25, 0.3) is 11.1 Å². The maximum Gasteiger partial charge on any atom is 0.257 e. The van der Waals surface area contributed by atoms with Crippen LogP contribution in [0.4, 0.5) is 14.7 Å². The SMILES string of the molecule is CC(C)Cn1cc(-c2cnc(N3CCC(CCCOc4cc(F)c(C(=O)N[C@@H](C)C(N)=O)c(F)c4)CC3)nc2)cn1. The van der Waals surface area contributed by atoms with Gasteiger partial charge in [0.25, 0.3) is 5.91 Å². The van der Waals surface area contributed by atoms with Crippen LogP contribution >= 0.6 is 0 Å². The van der Waals surface area contributed by atoms with Crippen molar-refractivity contribution in [1.82, 2.24) is 25.1 Å². The third-order valence-corrected chi connectivity index (χ3v) is 7.10. The summed E-state index contributed by atoms with van der Waals surface area (Å²) < 4.78 is 36.3. The van der Waals surface area contributed by atoms with Crippen molar-refractivity contribution in [1.29, 1.82) is 0 Å². The zero-order valence-electron chi connectivity index (χ0n) is 23.6. The Kier molecular flexibility index (Phi) is 9.85. The second-order valence-electron chi connectivity index (χ2n) is 10.9. The number of benzene rings is 1. The molecule has 1 aromatic carbocycles. The molecule has 0 unspecified atom stereocenters. The smallest absolute Gasteiger partial charge is 0.257 e. The third kappa shape index (κ3) is 7.99. The predicted molar refractivity (Wildman–Crippen MR) is 150 cm³/mol. The fourth-order valence-corrected chi connectivity index (χ4v) is 4.79. The van der Waals surface area contributed by atoms with Crippen molar-refractivity contribution in [3.05, 3.63) is 54.1 Å². The van der Waals surface area contributed by atoms with Crippen LogP contribution in [-0.4, -0.2) is 57.3 Å². The summed E-state index contributed by atoms with van der Waals surface area (Å²) in [5.41, 5.74) is 6.24. The van der Waals surface area contributed by atoms with Crippen LogP contribution in [0.15, 0.2) is 36.9 Å². The summed E-state index contributed by atoms with van der Waals surface area (Å²) in [4.78, 5) is 34.6. The van der Waals surface area contributed by atoms with Gasteiger partial charge < -0.3 is 20.7 Å². The molecular formula is C29H37F2N7O3. The molecule has 0 aliphatic carbocycles. The summed E-state index contributed by atoms with van der Waals surface area (Å²) in [5.74, 6) is -2.26. The van der Waals surface area contributed by atoms with Crippen molar-refractivity contribution in [3.63, 3.8) is 0 Å². The lowest BCUT2D eigenvalue weighted by Gasteiger charge is -2.32. The van der Waals surface area contributed by atoms with Crippen LogP contribution in [0.2, 0.25) is 0 Å². The zero-order valence-corrected chi connectivity index (χ0v) is 23.6. The molecule has 3 aromatic rings. The summed E-state index contributed by atoms with van der Waals surface area (Å²) in [5, 5.41) is 6.58. The average molecular weight is 570 g/mol. The molecule has 2 amide bonds. The first-order chi connectivity index (χ1) is 19.6. The Morgan fingerprint density at radius 3 is 2.34 bits per heavy atom. The van der Waals surface area contributed by atoms with Crippen molar-refractivity contribution in [3.8, 4) is 16.9 Å². The molecule has 0 spiro atoms. The molecule has 1 fully saturated rings. The van der Waals surface area contributed by atoms with Gasteiger partial charge in [-0.1, -0.05) is 13.8 Å². The Labute approximate surface area is 238 Å². The molecule has 12 heteroatoms. The molecule has 1 aliphatic heterocycles. The number of ether oxygens (including phenoxy) is 1. The number of amides is 2. The van der Waals surface area contributed by atoms with Crippen LogP contribution in [0, 0.1) is 23.5 Å². The summed E-state index contributed by atoms with van der Waals surface area (Å²) in [6.07, 6.45) is 11.2. The number of primary amides is 1. The lowest BCUT2D eigenvalue weighted by molar-refractivity contribution is -0.119. The topological polar surface area (TPSA) is 128 Å². The molecule has 0 radical (unpaired) electrons. The van der Waals surface area contributed by atoms with Crippen molar-refractivity contribution in [2.24, 2.45) is 17.6 Å². The minimum Gasteiger partial charge on any atom is -0.493 e. The maximum atomic E-state index is 14.4. The number of halogens is 2. The van der Waals surface area contributed by atoms with Gasteiger partial charge in [0.2, 0.25) is 11.9 Å². The minimum atomic E-state index is -1.07. The molecular weight excluding hydrogens is 532 g/mol. The monoisotopic (exact) mass is 569 g/mol. The number of rotatable bonds is 12. The standard InChI is InChI=1S/C29H37F2N7O3/c1-18(2)16-38-17-22(15-35-38)21-13-33-29(34-14-21)37-8-6-20(7-9-37)5-4-10-41-23-11-24(30)26(25(31)12-23)28(40)36-19(3)27(32)39/h11-15,17-20H,4-10,16H2,1-3H3,(H2,32,39)(H,36,40)/t19-/m0/s1. The van der Waals surface area contributed by atoms with Gasteiger partial charge >= 0.3 is 0 Å². The number of carbonyl (C=O) groups is 2. The van der Waals surface area contributed by atoms with Gasteiger partial charge in [-0.2, -0.15) is 5.10 Å². The van der Waals surface area contributed by atoms with E-state index in [0.717, 1.165) is 74.5 Å². The number of nitrogens with zero attached hydrogens (tertiary/aromatic N) is 5. The summed E-state index contributed by atoms with van der Waals surface area (Å²) in [7, 11) is 0. The van der Waals surface area contributed by atoms with Gasteiger partial charge in [0, 0.05) is 61.5 Å². The van der Waals surface area contributed by atoms with Crippen molar-refractivity contribution in [2.75, 3.05) is 24.6 Å². The van der Waals surface area contributed by atoms with Crippen LogP contribution in [-0.2, 0) is 11.3 Å². The Morgan fingerprint density at radius 1 is 1.07 bits per heavy atom. The Hall–Kier alpha value is -4.09. The molecule has 3 heterocycles. The molecule has 1 atom stereocenters. The first-order valence-electron chi connectivity index (χ1n) is 13.9. The van der Waals surface area contributed by atoms with Gasteiger partial charge in [-0.3, -0.25) is 14.3 Å². The lowest BCUT2D eigenvalue weighted by atomic mass is 9.92. The predicted octanol–water partition coefficient (Wildman–Crippen LogP) is 3.95. The van der Waals surface area contributed by atoms with Gasteiger partial charge in [0.05, 0.1) is 12.8 Å². The van der Waals surface area contributed by atoms with E-state index in [4.69, 9.17) is 10.5 Å². The summed E-state index contributed by atoms with van der Waals surface area (Å²) in [6.45, 7) is 8.50. The number of carbonyl (C=O) groups excluding carboxylic acids is 2. The molecule has 1 saturated heterocycles. The van der Waals surface area contributed by atoms with Crippen molar-refractivity contribution < 1.29 is 23.1 Å². The molecule has 2 aromatic heterocycles. The van der Waals surface area contributed by atoms with E-state index in [2.05, 4.69) is 39.1 Å². The van der Waals surface area contributed by atoms with E-state index >= 15 is 0 Å². The number of nitrogens with one attached hydrogen (secondary N) is 1. The Bertz CT molecular complexity index is 1320. The highest BCUT2D eigenvalue weighted by Crippen LogP contribution is 2.26. The van der Waals surface area contributed by atoms with E-state index < -0.39 is 35.1 Å². The van der Waals surface area contributed by atoms with Gasteiger partial charge in [-0.15, -0.1) is 0 Å². The fraction of sp³-hybridized carbons (Fsp3) is 0.483. The molecule has 4 rings (SSSR count). The van der Waals surface area contributed by atoms with Crippen LogP contribution in [0.3, 0.4) is 0 Å². The minimum absolute atomic E-state index is 0.00202. The average Bonchev–Trinajstić information content (AvgIpc) is 3.39. The molecule has 1 aliphatic rings. The van der Waals surface area contributed by atoms with Crippen LogP contribution < -0.4 is 20.7 Å². The quantitative estimate of drug-likeness (QED) is 0.316. The van der Waals surface area contributed by atoms with Gasteiger partial charge in [0.15, 0.2) is 0 Å². The van der Waals surface area contributed by atoms with E-state index in [-0.39, 0.29) is 5.75 Å². The summed E-state index contributed by atoms with van der Waals surface area (Å²) >= 11 is 0. The molecule has 0 saturated carbocycles. The number of hydrogen-bond acceptors (Lipinski definition) is 7. The largest absolute Gasteiger partial charge is 0.493 e. The van der Waals surface area contributed by atoms with Crippen molar-refractivity contribution >= 4 is 17.8 Å². The second-order valence-corrected chi connectivity index (χ2v) is 10.9. The first kappa shape index (κ1) is 29.9. The third-order valence-electron chi connectivity index (χ3n) is 7.10. The fourth-order valence-electron chi connectivity index (χ4n) is 4.79. The molecule has 3 N–H and O–H groups in total. The van der Waals surface area contributed by atoms with Crippen molar-refractivity contribution in [2.45, 2.75) is 59.0 Å². The van der Waals surface area contributed by atoms with E-state index in [1.54, 1.807) is 0 Å². The summed E-state index contributed by atoms with van der Waals surface area (Å²) in [6, 6.07) is 0.872. The highest BCUT2D eigenvalue weighted by molar-refractivity contribution is 5.97. The van der Waals surface area contributed by atoms with Gasteiger partial charge in [-0.05, 0) is 44.4 Å². The van der Waals surface area contributed by atoms with E-state index in [1.165, 1.54) is 6.92 Å². The first-order valence-corrected chi connectivity index (χ1v) is 13.9. The maximum absolute atomic E-state index is 14.4. The van der Waals surface area contributed by atoms with E-state index in [0.29, 0.717) is 18.4 Å². The molecule has 220 valence electrons. The number of hydrogen-bond donors (Lipinski definition) is 2. The Morgan fingerprint density at radius 2 is 1.73 bits per heavy atom. The number of anilines is 1. The Balaban J connectivity index is 1.20. The number of piperidine rings is 1. The molecule has 0 bridgehead atoms. The van der Waals surface area contributed by atoms with Crippen LogP contribution in [0.1, 0.15) is 56.8 Å². The number of nitrogens with two attached hydrogens (primary N) is 1. The number of aromatic nitrogens is 4. The molecule has 41 heavy (non-hydrogen) atoms. The highest BCUT2D eigenvalue weighted by atomic mass is 19.1. The van der Waals surface area contributed by atoms with Gasteiger partial charge in [-0.25, -0.2) is 18.7 Å². The highest BCUT2D eigenvalue weighted by Gasteiger charge is 2.23. The second kappa shape index (κ2) is 13.5. The zero-order chi connectivity index (χ0) is 29.5. The van der Waals surface area contributed by atoms with Gasteiger partial charge in [0.1, 0.15) is 29.0 Å². The van der Waals surface area contributed by atoms with Crippen LogP contribution in [0.5, 0.6) is 5.75 Å². The molecule has 10 nitrogen and oxygen atoms in total. The van der Waals surface area contributed by atoms with E-state index in [1.807, 2.05) is 29.5 Å². The van der Waals surface area contributed by atoms with E-state index in [9.17, 15) is 18.4 Å². The normalized spacial score (nSPS) is 14.7. The lowest BCUT2D eigenvalue weighted by Crippen LogP contribution is -2.42.